The van der Waals surface area contributed by atoms with Gasteiger partial charge in [-0.25, -0.2) is 0 Å². The van der Waals surface area contributed by atoms with Gasteiger partial charge in [-0.2, -0.15) is 5.10 Å². The second kappa shape index (κ2) is 8.33. The Morgan fingerprint density at radius 1 is 1.23 bits per heavy atom. The van der Waals surface area contributed by atoms with Crippen molar-refractivity contribution < 1.29 is 9.84 Å². The average Bonchev–Trinajstić information content (AvgIpc) is 3.21. The van der Waals surface area contributed by atoms with Gasteiger partial charge in [-0.3, -0.25) is 4.68 Å². The molecule has 0 saturated heterocycles. The summed E-state index contributed by atoms with van der Waals surface area (Å²) in [6, 6.07) is 4.33. The number of benzene rings is 1. The van der Waals surface area contributed by atoms with Crippen molar-refractivity contribution in [2.45, 2.75) is 65.5 Å². The summed E-state index contributed by atoms with van der Waals surface area (Å²) in [6.07, 6.45) is 5.32. The predicted octanol–water partition coefficient (Wildman–Crippen LogP) is 2.88. The summed E-state index contributed by atoms with van der Waals surface area (Å²) in [5, 5.41) is 18.4. The largest absolute Gasteiger partial charge is 0.391 e. The van der Waals surface area contributed by atoms with Crippen LogP contribution in [-0.2, 0) is 24.4 Å². The summed E-state index contributed by atoms with van der Waals surface area (Å²) in [5.74, 6) is 0.465. The first-order chi connectivity index (χ1) is 12.5. The number of nitrogens with one attached hydrogen (secondary N) is 1. The topological polar surface area (TPSA) is 59.3 Å². The lowest BCUT2D eigenvalue weighted by atomic mass is 9.93. The Balaban J connectivity index is 1.64. The molecular formula is C21H31N3O2. The number of aliphatic hydroxyl groups excluding tert-OH is 1. The van der Waals surface area contributed by atoms with Crippen molar-refractivity contribution in [3.8, 4) is 0 Å². The van der Waals surface area contributed by atoms with Crippen molar-refractivity contribution in [1.29, 1.82) is 0 Å². The first-order valence-corrected chi connectivity index (χ1v) is 9.46. The highest BCUT2D eigenvalue weighted by molar-refractivity contribution is 5.44. The molecule has 0 amide bonds. The molecule has 1 aromatic heterocycles. The Hall–Kier alpha value is -1.69. The molecule has 1 aliphatic carbocycles. The second-order valence-electron chi connectivity index (χ2n) is 7.65. The fraction of sp³-hybridized carbons (Fsp3) is 0.571. The Morgan fingerprint density at radius 3 is 2.69 bits per heavy atom. The van der Waals surface area contributed by atoms with Gasteiger partial charge in [0.15, 0.2) is 0 Å². The molecule has 2 aromatic rings. The molecule has 2 N–H and O–H groups in total. The maximum absolute atomic E-state index is 10.5. The number of rotatable bonds is 7. The molecule has 3 atom stereocenters. The van der Waals surface area contributed by atoms with Crippen LogP contribution in [-0.4, -0.2) is 34.1 Å². The molecule has 1 saturated carbocycles. The fourth-order valence-corrected chi connectivity index (χ4v) is 4.30. The van der Waals surface area contributed by atoms with Crippen LogP contribution in [0.25, 0.3) is 0 Å². The van der Waals surface area contributed by atoms with Gasteiger partial charge in [0, 0.05) is 38.6 Å². The third kappa shape index (κ3) is 4.17. The van der Waals surface area contributed by atoms with Gasteiger partial charge in [-0.05, 0) is 73.4 Å². The first-order valence-electron chi connectivity index (χ1n) is 9.46. The van der Waals surface area contributed by atoms with E-state index >= 15 is 0 Å². The molecule has 3 rings (SSSR count). The highest BCUT2D eigenvalue weighted by Gasteiger charge is 2.33. The minimum atomic E-state index is -0.292. The van der Waals surface area contributed by atoms with E-state index in [-0.39, 0.29) is 12.1 Å². The monoisotopic (exact) mass is 357 g/mol. The molecule has 0 bridgehead atoms. The standard InChI is InChI=1S/C21H31N3O2/c1-14-8-15(2)19(13-26-4)16(3)18(14)11-22-20-9-17(10-21(20)25)12-24-7-5-6-23-24/h5-8,17,20-22,25H,9-13H2,1-4H3/t17?,20-,21-/m1/s1. The number of nitrogens with zero attached hydrogens (tertiary/aromatic N) is 2. The third-order valence-electron chi connectivity index (χ3n) is 5.75. The van der Waals surface area contributed by atoms with E-state index in [9.17, 15) is 5.11 Å². The minimum absolute atomic E-state index is 0.140. The first kappa shape index (κ1) is 19.1. The highest BCUT2D eigenvalue weighted by Crippen LogP contribution is 2.29. The number of hydrogen-bond donors (Lipinski definition) is 2. The van der Waals surface area contributed by atoms with E-state index in [1.807, 2.05) is 23.1 Å². The molecule has 1 unspecified atom stereocenters. The van der Waals surface area contributed by atoms with Crippen molar-refractivity contribution in [2.24, 2.45) is 5.92 Å². The Bertz CT molecular complexity index is 727. The molecule has 0 aliphatic heterocycles. The van der Waals surface area contributed by atoms with E-state index in [1.165, 1.54) is 27.8 Å². The minimum Gasteiger partial charge on any atom is -0.391 e. The van der Waals surface area contributed by atoms with Gasteiger partial charge in [0.05, 0.1) is 12.7 Å². The van der Waals surface area contributed by atoms with Crippen LogP contribution < -0.4 is 5.32 Å². The highest BCUT2D eigenvalue weighted by atomic mass is 16.5. The molecular weight excluding hydrogens is 326 g/mol. The van der Waals surface area contributed by atoms with Crippen molar-refractivity contribution in [3.63, 3.8) is 0 Å². The van der Waals surface area contributed by atoms with E-state index in [4.69, 9.17) is 4.74 Å². The van der Waals surface area contributed by atoms with Crippen LogP contribution in [0.15, 0.2) is 24.5 Å². The Kier molecular flexibility index (Phi) is 6.12. The summed E-state index contributed by atoms with van der Waals surface area (Å²) in [5.41, 5.74) is 6.49. The number of aryl methyl sites for hydroxylation is 2. The van der Waals surface area contributed by atoms with Gasteiger partial charge >= 0.3 is 0 Å². The quantitative estimate of drug-likeness (QED) is 0.800. The van der Waals surface area contributed by atoms with Crippen molar-refractivity contribution in [1.82, 2.24) is 15.1 Å². The van der Waals surface area contributed by atoms with Gasteiger partial charge in [-0.15, -0.1) is 0 Å². The molecule has 5 heteroatoms. The van der Waals surface area contributed by atoms with E-state index < -0.39 is 0 Å². The number of methoxy groups -OCH3 is 1. The second-order valence-corrected chi connectivity index (χ2v) is 7.65. The van der Waals surface area contributed by atoms with Gasteiger partial charge < -0.3 is 15.2 Å². The van der Waals surface area contributed by atoms with Crippen LogP contribution in [0.4, 0.5) is 0 Å². The van der Waals surface area contributed by atoms with Gasteiger partial charge in [0.1, 0.15) is 0 Å². The van der Waals surface area contributed by atoms with Crippen LogP contribution in [0.2, 0.25) is 0 Å². The summed E-state index contributed by atoms with van der Waals surface area (Å²) in [7, 11) is 1.74. The van der Waals surface area contributed by atoms with Crippen LogP contribution in [0, 0.1) is 26.7 Å². The zero-order chi connectivity index (χ0) is 18.7. The van der Waals surface area contributed by atoms with E-state index in [0.29, 0.717) is 12.5 Å². The zero-order valence-corrected chi connectivity index (χ0v) is 16.3. The van der Waals surface area contributed by atoms with Gasteiger partial charge in [0.2, 0.25) is 0 Å². The zero-order valence-electron chi connectivity index (χ0n) is 16.3. The lowest BCUT2D eigenvalue weighted by Crippen LogP contribution is -2.35. The summed E-state index contributed by atoms with van der Waals surface area (Å²) in [6.45, 7) is 8.79. The maximum atomic E-state index is 10.5. The molecule has 26 heavy (non-hydrogen) atoms. The number of aliphatic hydroxyl groups is 1. The third-order valence-corrected chi connectivity index (χ3v) is 5.75. The van der Waals surface area contributed by atoms with E-state index in [0.717, 1.165) is 25.9 Å². The van der Waals surface area contributed by atoms with Crippen LogP contribution in [0.5, 0.6) is 0 Å². The number of ether oxygens (including phenoxy) is 1. The normalized spacial score (nSPS) is 22.9. The van der Waals surface area contributed by atoms with Crippen LogP contribution in [0.3, 0.4) is 0 Å². The van der Waals surface area contributed by atoms with Crippen LogP contribution in [0.1, 0.15) is 40.7 Å². The molecule has 1 fully saturated rings. The summed E-state index contributed by atoms with van der Waals surface area (Å²) >= 11 is 0. The van der Waals surface area contributed by atoms with Crippen molar-refractivity contribution in [2.75, 3.05) is 7.11 Å². The number of hydrogen-bond acceptors (Lipinski definition) is 4. The summed E-state index contributed by atoms with van der Waals surface area (Å²) in [4.78, 5) is 0. The van der Waals surface area contributed by atoms with Gasteiger partial charge in [-0.1, -0.05) is 6.07 Å². The van der Waals surface area contributed by atoms with E-state index in [1.54, 1.807) is 7.11 Å². The molecule has 0 radical (unpaired) electrons. The number of aromatic nitrogens is 2. The lowest BCUT2D eigenvalue weighted by molar-refractivity contribution is 0.145. The average molecular weight is 357 g/mol. The van der Waals surface area contributed by atoms with Gasteiger partial charge in [0.25, 0.3) is 0 Å². The molecule has 5 nitrogen and oxygen atoms in total. The fourth-order valence-electron chi connectivity index (χ4n) is 4.30. The van der Waals surface area contributed by atoms with E-state index in [2.05, 4.69) is 37.3 Å². The molecule has 0 spiro atoms. The molecule has 1 heterocycles. The molecule has 1 aliphatic rings. The summed E-state index contributed by atoms with van der Waals surface area (Å²) < 4.78 is 7.34. The lowest BCUT2D eigenvalue weighted by Gasteiger charge is -2.21. The smallest absolute Gasteiger partial charge is 0.0718 e. The predicted molar refractivity (Wildman–Crippen MR) is 103 cm³/mol. The molecule has 142 valence electrons. The Morgan fingerprint density at radius 2 is 2.00 bits per heavy atom. The molecule has 1 aromatic carbocycles. The Labute approximate surface area is 156 Å². The van der Waals surface area contributed by atoms with Crippen molar-refractivity contribution in [3.05, 3.63) is 52.3 Å². The SMILES string of the molecule is COCc1c(C)cc(C)c(CN[C@@H]2CC(Cn3cccn3)C[C@H]2O)c1C. The van der Waals surface area contributed by atoms with Crippen LogP contribution >= 0.6 is 0 Å². The van der Waals surface area contributed by atoms with Crippen molar-refractivity contribution >= 4 is 0 Å². The maximum Gasteiger partial charge on any atom is 0.0718 e.